The molecule has 0 radical (unpaired) electrons. The number of carbonyl (C=O) groups is 1. The smallest absolute Gasteiger partial charge is 0.248 e. The van der Waals surface area contributed by atoms with Gasteiger partial charge in [-0.15, -0.1) is 0 Å². The Balaban J connectivity index is 2.63. The summed E-state index contributed by atoms with van der Waals surface area (Å²) in [6.07, 6.45) is 5.47. The molecule has 15 heavy (non-hydrogen) atoms. The van der Waals surface area contributed by atoms with Crippen LogP contribution >= 0.6 is 0 Å². The number of aromatic amines is 1. The molecule has 2 heterocycles. The molecule has 0 saturated carbocycles. The van der Waals surface area contributed by atoms with Gasteiger partial charge >= 0.3 is 0 Å². The van der Waals surface area contributed by atoms with Gasteiger partial charge in [-0.05, 0) is 17.7 Å². The van der Waals surface area contributed by atoms with Crippen LogP contribution in [0.4, 0.5) is 0 Å². The SMILES string of the molecule is O=Cc1cc(=O)[nH]cc1-c1ccncc1. The predicted molar refractivity (Wildman–Crippen MR) is 55.7 cm³/mol. The van der Waals surface area contributed by atoms with Crippen molar-refractivity contribution in [3.63, 3.8) is 0 Å². The molecule has 0 aromatic carbocycles. The lowest BCUT2D eigenvalue weighted by molar-refractivity contribution is 0.112. The van der Waals surface area contributed by atoms with E-state index in [0.717, 1.165) is 5.56 Å². The van der Waals surface area contributed by atoms with E-state index in [4.69, 9.17) is 0 Å². The minimum Gasteiger partial charge on any atom is -0.328 e. The normalized spacial score (nSPS) is 9.87. The lowest BCUT2D eigenvalue weighted by atomic mass is 10.0. The van der Waals surface area contributed by atoms with Crippen molar-refractivity contribution >= 4 is 6.29 Å². The third kappa shape index (κ3) is 1.83. The van der Waals surface area contributed by atoms with Gasteiger partial charge in [0.2, 0.25) is 5.56 Å². The van der Waals surface area contributed by atoms with E-state index in [1.165, 1.54) is 12.3 Å². The molecule has 0 saturated heterocycles. The number of H-pyrrole nitrogens is 1. The zero-order valence-corrected chi connectivity index (χ0v) is 7.81. The molecule has 0 amide bonds. The van der Waals surface area contributed by atoms with Crippen molar-refractivity contribution in [1.82, 2.24) is 9.97 Å². The van der Waals surface area contributed by atoms with E-state index in [1.54, 1.807) is 24.5 Å². The molecular weight excluding hydrogens is 192 g/mol. The highest BCUT2D eigenvalue weighted by Crippen LogP contribution is 2.19. The van der Waals surface area contributed by atoms with E-state index in [0.29, 0.717) is 17.4 Å². The van der Waals surface area contributed by atoms with Crippen molar-refractivity contribution in [1.29, 1.82) is 0 Å². The van der Waals surface area contributed by atoms with Crippen LogP contribution in [0.25, 0.3) is 11.1 Å². The number of carbonyl (C=O) groups excluding carboxylic acids is 1. The van der Waals surface area contributed by atoms with Crippen LogP contribution in [0.5, 0.6) is 0 Å². The number of nitrogens with one attached hydrogen (secondary N) is 1. The van der Waals surface area contributed by atoms with Gasteiger partial charge in [0.1, 0.15) is 0 Å². The first kappa shape index (κ1) is 9.33. The van der Waals surface area contributed by atoms with Crippen molar-refractivity contribution in [3.05, 3.63) is 52.7 Å². The first-order valence-electron chi connectivity index (χ1n) is 4.39. The second-order valence-corrected chi connectivity index (χ2v) is 3.02. The topological polar surface area (TPSA) is 62.8 Å². The van der Waals surface area contributed by atoms with Crippen molar-refractivity contribution in [2.24, 2.45) is 0 Å². The predicted octanol–water partition coefficient (Wildman–Crippen LogP) is 1.25. The Morgan fingerprint density at radius 1 is 1.27 bits per heavy atom. The second kappa shape index (κ2) is 3.88. The van der Waals surface area contributed by atoms with Crippen LogP contribution in [-0.2, 0) is 0 Å². The number of nitrogens with zero attached hydrogens (tertiary/aromatic N) is 1. The Hall–Kier alpha value is -2.23. The first-order chi connectivity index (χ1) is 7.31. The summed E-state index contributed by atoms with van der Waals surface area (Å²) in [6, 6.07) is 4.84. The molecule has 4 nitrogen and oxygen atoms in total. The van der Waals surface area contributed by atoms with E-state index >= 15 is 0 Å². The Kier molecular flexibility index (Phi) is 2.41. The van der Waals surface area contributed by atoms with Crippen molar-refractivity contribution in [2.45, 2.75) is 0 Å². The summed E-state index contributed by atoms with van der Waals surface area (Å²) in [5, 5.41) is 0. The van der Waals surface area contributed by atoms with Gasteiger partial charge in [-0.25, -0.2) is 0 Å². The Bertz CT molecular complexity index is 532. The number of pyridine rings is 2. The fraction of sp³-hybridized carbons (Fsp3) is 0. The molecule has 0 unspecified atom stereocenters. The Labute approximate surface area is 85.6 Å². The molecule has 2 rings (SSSR count). The minimum absolute atomic E-state index is 0.282. The average Bonchev–Trinajstić information content (AvgIpc) is 2.30. The van der Waals surface area contributed by atoms with Crippen molar-refractivity contribution in [3.8, 4) is 11.1 Å². The summed E-state index contributed by atoms with van der Waals surface area (Å²) >= 11 is 0. The van der Waals surface area contributed by atoms with E-state index in [1.807, 2.05) is 0 Å². The number of hydrogen-bond acceptors (Lipinski definition) is 3. The van der Waals surface area contributed by atoms with Crippen molar-refractivity contribution in [2.75, 3.05) is 0 Å². The number of hydrogen-bond donors (Lipinski definition) is 1. The van der Waals surface area contributed by atoms with Crippen molar-refractivity contribution < 1.29 is 4.79 Å². The van der Waals surface area contributed by atoms with Gasteiger partial charge in [0, 0.05) is 35.8 Å². The van der Waals surface area contributed by atoms with Crippen LogP contribution in [0.1, 0.15) is 10.4 Å². The lowest BCUT2D eigenvalue weighted by Crippen LogP contribution is -2.05. The van der Waals surface area contributed by atoms with Gasteiger partial charge < -0.3 is 4.98 Å². The fourth-order valence-corrected chi connectivity index (χ4v) is 1.37. The van der Waals surface area contributed by atoms with E-state index in [2.05, 4.69) is 9.97 Å². The zero-order chi connectivity index (χ0) is 10.7. The van der Waals surface area contributed by atoms with Crippen LogP contribution in [-0.4, -0.2) is 16.3 Å². The summed E-state index contributed by atoms with van der Waals surface area (Å²) in [7, 11) is 0. The van der Waals surface area contributed by atoms with Crippen LogP contribution in [0, 0.1) is 0 Å². The van der Waals surface area contributed by atoms with E-state index in [-0.39, 0.29) is 5.56 Å². The van der Waals surface area contributed by atoms with Crippen LogP contribution in [0.15, 0.2) is 41.6 Å². The molecule has 2 aromatic rings. The van der Waals surface area contributed by atoms with Gasteiger partial charge in [0.05, 0.1) is 0 Å². The average molecular weight is 200 g/mol. The highest BCUT2D eigenvalue weighted by atomic mass is 16.1. The summed E-state index contributed by atoms with van der Waals surface area (Å²) < 4.78 is 0. The van der Waals surface area contributed by atoms with Gasteiger partial charge in [-0.1, -0.05) is 0 Å². The maximum atomic E-state index is 11.0. The molecule has 0 aliphatic rings. The first-order valence-corrected chi connectivity index (χ1v) is 4.39. The van der Waals surface area contributed by atoms with Crippen LogP contribution in [0.2, 0.25) is 0 Å². The zero-order valence-electron chi connectivity index (χ0n) is 7.81. The number of rotatable bonds is 2. The summed E-state index contributed by atoms with van der Waals surface area (Å²) in [4.78, 5) is 28.2. The number of aldehydes is 1. The molecule has 0 atom stereocenters. The van der Waals surface area contributed by atoms with Gasteiger partial charge in [-0.3, -0.25) is 14.6 Å². The van der Waals surface area contributed by atoms with Gasteiger partial charge in [0.25, 0.3) is 0 Å². The summed E-state index contributed by atoms with van der Waals surface area (Å²) in [5.41, 5.74) is 1.65. The maximum absolute atomic E-state index is 11.0. The summed E-state index contributed by atoms with van der Waals surface area (Å²) in [5.74, 6) is 0. The molecule has 0 aliphatic heterocycles. The monoisotopic (exact) mass is 200 g/mol. The van der Waals surface area contributed by atoms with Crippen LogP contribution < -0.4 is 5.56 Å². The van der Waals surface area contributed by atoms with Gasteiger partial charge in [0.15, 0.2) is 6.29 Å². The lowest BCUT2D eigenvalue weighted by Gasteiger charge is -2.02. The molecule has 0 spiro atoms. The molecule has 74 valence electrons. The summed E-state index contributed by atoms with van der Waals surface area (Å²) in [6.45, 7) is 0. The standard InChI is InChI=1S/C11H8N2O2/c14-7-9-5-11(15)13-6-10(9)8-1-3-12-4-2-8/h1-7H,(H,13,15). The molecule has 4 heteroatoms. The highest BCUT2D eigenvalue weighted by Gasteiger charge is 2.04. The fourth-order valence-electron chi connectivity index (χ4n) is 1.37. The van der Waals surface area contributed by atoms with Crippen LogP contribution in [0.3, 0.4) is 0 Å². The molecule has 2 aromatic heterocycles. The molecule has 0 aliphatic carbocycles. The second-order valence-electron chi connectivity index (χ2n) is 3.02. The quantitative estimate of drug-likeness (QED) is 0.742. The van der Waals surface area contributed by atoms with Gasteiger partial charge in [-0.2, -0.15) is 0 Å². The highest BCUT2D eigenvalue weighted by molar-refractivity contribution is 5.86. The maximum Gasteiger partial charge on any atom is 0.248 e. The van der Waals surface area contributed by atoms with E-state index < -0.39 is 0 Å². The Morgan fingerprint density at radius 3 is 2.67 bits per heavy atom. The third-order valence-corrected chi connectivity index (χ3v) is 2.07. The minimum atomic E-state index is -0.282. The third-order valence-electron chi connectivity index (χ3n) is 2.07. The largest absolute Gasteiger partial charge is 0.328 e. The molecular formula is C11H8N2O2. The van der Waals surface area contributed by atoms with E-state index in [9.17, 15) is 9.59 Å². The molecule has 1 N–H and O–H groups in total. The molecule has 0 bridgehead atoms. The molecule has 0 fully saturated rings. The number of aromatic nitrogens is 2. The Morgan fingerprint density at radius 2 is 2.00 bits per heavy atom.